The lowest BCUT2D eigenvalue weighted by Crippen LogP contribution is -2.71. The highest BCUT2D eigenvalue weighted by atomic mass is 32.2. The van der Waals surface area contributed by atoms with E-state index in [1.807, 2.05) is 33.8 Å². The molecule has 0 aromatic carbocycles. The quantitative estimate of drug-likeness (QED) is 0.167. The Balaban J connectivity index is 1.36. The molecule has 0 aliphatic carbocycles. The molecule has 0 saturated carbocycles. The lowest BCUT2D eigenvalue weighted by molar-refractivity contribution is -0.687. The first-order chi connectivity index (χ1) is 16.9. The largest absolute Gasteiger partial charge is 0.477 e. The van der Waals surface area contributed by atoms with Gasteiger partial charge in [0.25, 0.3) is 11.8 Å². The maximum atomic E-state index is 13.0. The van der Waals surface area contributed by atoms with Gasteiger partial charge in [-0.15, -0.1) is 11.8 Å². The molecule has 2 amide bonds. The third-order valence-electron chi connectivity index (χ3n) is 5.43. The number of hydrogen-bond donors (Lipinski definition) is 3. The van der Waals surface area contributed by atoms with E-state index >= 15 is 0 Å². The van der Waals surface area contributed by atoms with Crippen LogP contribution in [0.25, 0.3) is 10.8 Å². The summed E-state index contributed by atoms with van der Waals surface area (Å²) in [7, 11) is 1.23. The molecular formula is C20H18N7O6S2+. The van der Waals surface area contributed by atoms with Crippen molar-refractivity contribution in [1.82, 2.24) is 20.4 Å². The number of nitrogens with one attached hydrogen (secondary N) is 1. The molecule has 5 rings (SSSR count). The summed E-state index contributed by atoms with van der Waals surface area (Å²) in [4.78, 5) is 47.5. The van der Waals surface area contributed by atoms with Gasteiger partial charge in [-0.1, -0.05) is 10.3 Å². The highest BCUT2D eigenvalue weighted by molar-refractivity contribution is 8.00. The molecule has 15 heteroatoms. The molecule has 180 valence electrons. The van der Waals surface area contributed by atoms with Gasteiger partial charge in [-0.3, -0.25) is 14.5 Å². The number of carbonyl (C=O) groups is 3. The minimum atomic E-state index is -1.20. The molecule has 2 aliphatic rings. The molecule has 1 fully saturated rings. The Morgan fingerprint density at radius 3 is 2.94 bits per heavy atom. The number of aromatic nitrogens is 3. The molecule has 3 aromatic rings. The van der Waals surface area contributed by atoms with E-state index in [4.69, 9.17) is 5.73 Å². The first-order valence-corrected chi connectivity index (χ1v) is 12.1. The number of oxime groups is 1. The lowest BCUT2D eigenvalue weighted by atomic mass is 10.0. The monoisotopic (exact) mass is 516 g/mol. The standard InChI is InChI=1S/C20H17N7O6S2/c1-32-24-12(15-23-20(21)33-25-15)16(28)22-13-17(29)27-14(19(30)31)11(8-35-18(13)27)5-26-3-2-9-6-34-7-10(9)4-26/h2-4,6-7,13,18H,5,8H2,1H3,(H3-,21,22,23,25,28,30,31)/p+1/t13?,18-/m1/s1. The Hall–Kier alpha value is -3.98. The van der Waals surface area contributed by atoms with Crippen LogP contribution in [-0.2, 0) is 25.8 Å². The topological polar surface area (TPSA) is 177 Å². The fraction of sp³-hybridized carbons (Fsp3) is 0.250. The SMILES string of the molecule is CON=C(C(=O)NC1C(=O)N2C(C(=O)O)=C(C[n+]3ccc4cscc4c3)CS[C@H]12)c1noc(N)n1. The van der Waals surface area contributed by atoms with Crippen LogP contribution in [0.1, 0.15) is 5.82 Å². The van der Waals surface area contributed by atoms with Crippen molar-refractivity contribution in [3.63, 3.8) is 0 Å². The number of nitrogens with two attached hydrogens (primary N) is 1. The van der Waals surface area contributed by atoms with Crippen molar-refractivity contribution >= 4 is 63.4 Å². The lowest BCUT2D eigenvalue weighted by Gasteiger charge is -2.49. The molecule has 1 unspecified atom stereocenters. The summed E-state index contributed by atoms with van der Waals surface area (Å²) in [5.41, 5.74) is 5.59. The second kappa shape index (κ2) is 8.99. The summed E-state index contributed by atoms with van der Waals surface area (Å²) in [6, 6.07) is 0.720. The van der Waals surface area contributed by atoms with E-state index in [-0.39, 0.29) is 23.2 Å². The summed E-state index contributed by atoms with van der Waals surface area (Å²) >= 11 is 2.95. The van der Waals surface area contributed by atoms with E-state index in [0.29, 0.717) is 17.9 Å². The minimum Gasteiger partial charge on any atom is -0.477 e. The summed E-state index contributed by atoms with van der Waals surface area (Å²) in [6.07, 6.45) is 3.82. The zero-order chi connectivity index (χ0) is 24.7. The molecule has 2 atom stereocenters. The highest BCUT2D eigenvalue weighted by Gasteiger charge is 2.55. The molecule has 13 nitrogen and oxygen atoms in total. The van der Waals surface area contributed by atoms with E-state index in [1.165, 1.54) is 23.8 Å². The number of nitrogens with zero attached hydrogens (tertiary/aromatic N) is 5. The van der Waals surface area contributed by atoms with Crippen LogP contribution in [0.5, 0.6) is 0 Å². The minimum absolute atomic E-state index is 0.0705. The maximum Gasteiger partial charge on any atom is 0.352 e. The van der Waals surface area contributed by atoms with Crippen LogP contribution in [0.15, 0.2) is 50.2 Å². The van der Waals surface area contributed by atoms with Crippen LogP contribution in [0.4, 0.5) is 6.01 Å². The number of anilines is 1. The van der Waals surface area contributed by atoms with Crippen LogP contribution in [0.3, 0.4) is 0 Å². The number of rotatable bonds is 7. The number of fused-ring (bicyclic) bond motifs is 2. The Morgan fingerprint density at radius 2 is 2.23 bits per heavy atom. The predicted octanol–water partition coefficient (Wildman–Crippen LogP) is -0.0567. The molecular weight excluding hydrogens is 498 g/mol. The third kappa shape index (κ3) is 4.08. The van der Waals surface area contributed by atoms with Crippen LogP contribution in [-0.4, -0.2) is 67.9 Å². The van der Waals surface area contributed by atoms with E-state index in [2.05, 4.69) is 30.0 Å². The van der Waals surface area contributed by atoms with Gasteiger partial charge in [-0.05, 0) is 5.38 Å². The average Bonchev–Trinajstić information content (AvgIpc) is 3.48. The highest BCUT2D eigenvalue weighted by Crippen LogP contribution is 2.40. The van der Waals surface area contributed by atoms with Gasteiger partial charge in [0.2, 0.25) is 11.5 Å². The van der Waals surface area contributed by atoms with Crippen molar-refractivity contribution in [3.8, 4) is 0 Å². The van der Waals surface area contributed by atoms with Crippen molar-refractivity contribution in [2.24, 2.45) is 5.16 Å². The first kappa shape index (κ1) is 22.8. The molecule has 4 N–H and O–H groups in total. The van der Waals surface area contributed by atoms with Gasteiger partial charge in [-0.25, -0.2) is 9.36 Å². The Labute approximate surface area is 205 Å². The van der Waals surface area contributed by atoms with Gasteiger partial charge in [0, 0.05) is 28.2 Å². The van der Waals surface area contributed by atoms with Crippen molar-refractivity contribution < 1.29 is 33.4 Å². The summed E-state index contributed by atoms with van der Waals surface area (Å²) < 4.78 is 6.55. The van der Waals surface area contributed by atoms with Crippen molar-refractivity contribution in [1.29, 1.82) is 0 Å². The van der Waals surface area contributed by atoms with Crippen molar-refractivity contribution in [3.05, 3.63) is 46.3 Å². The van der Waals surface area contributed by atoms with Crippen LogP contribution in [0.2, 0.25) is 0 Å². The Morgan fingerprint density at radius 1 is 1.43 bits per heavy atom. The number of thioether (sulfide) groups is 1. The Bertz CT molecular complexity index is 1410. The number of carboxylic acid groups (broad SMARTS) is 1. The average molecular weight is 517 g/mol. The molecule has 35 heavy (non-hydrogen) atoms. The number of carbonyl (C=O) groups excluding carboxylic acids is 2. The molecule has 0 bridgehead atoms. The van der Waals surface area contributed by atoms with Gasteiger partial charge >= 0.3 is 12.0 Å². The number of nitrogen functional groups attached to an aromatic ring is 1. The van der Waals surface area contributed by atoms with Gasteiger partial charge in [-0.2, -0.15) is 16.3 Å². The number of thiophene rings is 1. The normalized spacial score (nSPS) is 20.0. The molecule has 2 aliphatic heterocycles. The van der Waals surface area contributed by atoms with E-state index in [0.717, 1.165) is 10.8 Å². The van der Waals surface area contributed by atoms with Crippen LogP contribution < -0.4 is 15.6 Å². The fourth-order valence-corrected chi connectivity index (χ4v) is 6.00. The first-order valence-electron chi connectivity index (χ1n) is 10.1. The molecule has 1 saturated heterocycles. The van der Waals surface area contributed by atoms with Gasteiger partial charge < -0.3 is 25.5 Å². The number of β-lactam (4-membered cyclic amide) rings is 1. The molecule has 0 radical (unpaired) electrons. The smallest absolute Gasteiger partial charge is 0.352 e. The number of carboxylic acids is 1. The Kier molecular flexibility index (Phi) is 5.86. The number of pyridine rings is 1. The van der Waals surface area contributed by atoms with Gasteiger partial charge in [0.15, 0.2) is 18.9 Å². The number of hydrogen-bond acceptors (Lipinski definition) is 11. The van der Waals surface area contributed by atoms with E-state index in [1.54, 1.807) is 11.3 Å². The molecule has 0 spiro atoms. The predicted molar refractivity (Wildman–Crippen MR) is 124 cm³/mol. The summed E-state index contributed by atoms with van der Waals surface area (Å²) in [5.74, 6) is -2.39. The zero-order valence-corrected chi connectivity index (χ0v) is 19.7. The van der Waals surface area contributed by atoms with Crippen LogP contribution in [0, 0.1) is 0 Å². The molecule has 5 heterocycles. The zero-order valence-electron chi connectivity index (χ0n) is 18.1. The summed E-state index contributed by atoms with van der Waals surface area (Å²) in [6.45, 7) is 0.317. The number of amides is 2. The summed E-state index contributed by atoms with van der Waals surface area (Å²) in [5, 5.41) is 25.2. The van der Waals surface area contributed by atoms with E-state index in [9.17, 15) is 19.5 Å². The second-order valence-electron chi connectivity index (χ2n) is 7.60. The maximum absolute atomic E-state index is 13.0. The van der Waals surface area contributed by atoms with Crippen molar-refractivity contribution in [2.45, 2.75) is 18.0 Å². The van der Waals surface area contributed by atoms with E-state index < -0.39 is 29.2 Å². The third-order valence-corrected chi connectivity index (χ3v) is 7.55. The van der Waals surface area contributed by atoms with Gasteiger partial charge in [0.05, 0.1) is 5.39 Å². The van der Waals surface area contributed by atoms with Crippen LogP contribution >= 0.6 is 23.1 Å². The fourth-order valence-electron chi connectivity index (χ4n) is 3.89. The second-order valence-corrected chi connectivity index (χ2v) is 9.45. The van der Waals surface area contributed by atoms with Gasteiger partial charge in [0.1, 0.15) is 24.2 Å². The number of aliphatic carboxylic acids is 1. The van der Waals surface area contributed by atoms with Crippen molar-refractivity contribution in [2.75, 3.05) is 18.6 Å². The molecule has 3 aromatic heterocycles.